The van der Waals surface area contributed by atoms with E-state index in [0.29, 0.717) is 0 Å². The second kappa shape index (κ2) is 3.94. The molecule has 0 amide bonds. The first-order valence-corrected chi connectivity index (χ1v) is 4.70. The summed E-state index contributed by atoms with van der Waals surface area (Å²) >= 11 is 5.60. The lowest BCUT2D eigenvalue weighted by atomic mass is 10.1. The van der Waals surface area contributed by atoms with Crippen molar-refractivity contribution in [1.82, 2.24) is 10.2 Å². The Bertz CT molecular complexity index is 554. The van der Waals surface area contributed by atoms with Crippen molar-refractivity contribution in [3.8, 4) is 11.3 Å². The molecule has 2 aromatic rings. The lowest BCUT2D eigenvalue weighted by molar-refractivity contribution is 0.0690. The number of aromatic nitrogens is 2. The zero-order valence-electron chi connectivity index (χ0n) is 7.87. The number of aromatic amines is 1. The van der Waals surface area contributed by atoms with Gasteiger partial charge in [-0.05, 0) is 24.3 Å². The number of H-pyrrole nitrogens is 1. The maximum atomic E-state index is 13.5. The topological polar surface area (TPSA) is 66.0 Å². The Morgan fingerprint density at radius 2 is 2.19 bits per heavy atom. The Morgan fingerprint density at radius 3 is 2.75 bits per heavy atom. The van der Waals surface area contributed by atoms with Gasteiger partial charge in [-0.25, -0.2) is 9.18 Å². The summed E-state index contributed by atoms with van der Waals surface area (Å²) in [4.78, 5) is 10.6. The van der Waals surface area contributed by atoms with Crippen LogP contribution in [-0.2, 0) is 0 Å². The van der Waals surface area contributed by atoms with Gasteiger partial charge in [-0.3, -0.25) is 5.10 Å². The number of hydrogen-bond acceptors (Lipinski definition) is 2. The second-order valence-electron chi connectivity index (χ2n) is 3.10. The van der Waals surface area contributed by atoms with Crippen molar-refractivity contribution in [2.24, 2.45) is 0 Å². The molecule has 4 nitrogen and oxygen atoms in total. The van der Waals surface area contributed by atoms with E-state index in [1.54, 1.807) is 0 Å². The van der Waals surface area contributed by atoms with Crippen molar-refractivity contribution in [1.29, 1.82) is 0 Å². The standard InChI is InChI=1S/C10H6ClFN2O2/c11-5-1-2-6(7(12)3-5)8-4-9(10(15)16)14-13-8/h1-4H,(H,13,14)(H,15,16). The van der Waals surface area contributed by atoms with Crippen LogP contribution >= 0.6 is 11.6 Å². The molecule has 2 N–H and O–H groups in total. The number of aromatic carboxylic acids is 1. The Morgan fingerprint density at radius 1 is 1.44 bits per heavy atom. The van der Waals surface area contributed by atoms with E-state index in [1.165, 1.54) is 18.2 Å². The van der Waals surface area contributed by atoms with Crippen LogP contribution in [0.1, 0.15) is 10.5 Å². The van der Waals surface area contributed by atoms with Crippen LogP contribution in [0, 0.1) is 5.82 Å². The van der Waals surface area contributed by atoms with Gasteiger partial charge < -0.3 is 5.11 Å². The number of rotatable bonds is 2. The van der Waals surface area contributed by atoms with Gasteiger partial charge in [0.15, 0.2) is 0 Å². The van der Waals surface area contributed by atoms with Gasteiger partial charge in [0.2, 0.25) is 0 Å². The van der Waals surface area contributed by atoms with Crippen LogP contribution < -0.4 is 0 Å². The first-order chi connectivity index (χ1) is 7.58. The average molecular weight is 241 g/mol. The third-order valence-electron chi connectivity index (χ3n) is 2.02. The molecular weight excluding hydrogens is 235 g/mol. The summed E-state index contributed by atoms with van der Waals surface area (Å²) in [5.41, 5.74) is 0.337. The Kier molecular flexibility index (Phi) is 2.62. The van der Waals surface area contributed by atoms with Crippen LogP contribution in [0.2, 0.25) is 5.02 Å². The molecule has 1 heterocycles. The Balaban J connectivity index is 2.46. The monoisotopic (exact) mass is 240 g/mol. The molecule has 1 aromatic heterocycles. The first kappa shape index (κ1) is 10.6. The second-order valence-corrected chi connectivity index (χ2v) is 3.53. The van der Waals surface area contributed by atoms with E-state index in [2.05, 4.69) is 10.2 Å². The van der Waals surface area contributed by atoms with Crippen molar-refractivity contribution in [2.75, 3.05) is 0 Å². The summed E-state index contributed by atoms with van der Waals surface area (Å²) in [6.07, 6.45) is 0. The Hall–Kier alpha value is -1.88. The number of carboxylic acid groups (broad SMARTS) is 1. The first-order valence-electron chi connectivity index (χ1n) is 4.32. The van der Waals surface area contributed by atoms with Crippen LogP contribution in [0.5, 0.6) is 0 Å². The number of nitrogens with one attached hydrogen (secondary N) is 1. The van der Waals surface area contributed by atoms with Gasteiger partial charge in [0.1, 0.15) is 11.5 Å². The van der Waals surface area contributed by atoms with Crippen molar-refractivity contribution < 1.29 is 14.3 Å². The zero-order chi connectivity index (χ0) is 11.7. The number of halogens is 2. The predicted octanol–water partition coefficient (Wildman–Crippen LogP) is 2.57. The molecule has 6 heteroatoms. The largest absolute Gasteiger partial charge is 0.477 e. The maximum absolute atomic E-state index is 13.5. The summed E-state index contributed by atoms with van der Waals surface area (Å²) in [6, 6.07) is 5.36. The normalized spacial score (nSPS) is 10.4. The van der Waals surface area contributed by atoms with E-state index in [1.807, 2.05) is 0 Å². The lowest BCUT2D eigenvalue weighted by Crippen LogP contribution is -1.95. The molecular formula is C10H6ClFN2O2. The third-order valence-corrected chi connectivity index (χ3v) is 2.25. The Labute approximate surface area is 94.7 Å². The van der Waals surface area contributed by atoms with Crippen LogP contribution in [0.15, 0.2) is 24.3 Å². The summed E-state index contributed by atoms with van der Waals surface area (Å²) in [5, 5.41) is 15.0. The molecule has 2 rings (SSSR count). The molecule has 0 fully saturated rings. The fourth-order valence-corrected chi connectivity index (χ4v) is 1.43. The minimum Gasteiger partial charge on any atom is -0.477 e. The average Bonchev–Trinajstić information content (AvgIpc) is 2.66. The van der Waals surface area contributed by atoms with E-state index in [0.717, 1.165) is 6.07 Å². The molecule has 0 spiro atoms. The summed E-state index contributed by atoms with van der Waals surface area (Å²) < 4.78 is 13.5. The number of benzene rings is 1. The molecule has 0 unspecified atom stereocenters. The van der Waals surface area contributed by atoms with E-state index < -0.39 is 11.8 Å². The highest BCUT2D eigenvalue weighted by molar-refractivity contribution is 6.30. The van der Waals surface area contributed by atoms with Gasteiger partial charge in [-0.1, -0.05) is 11.6 Å². The van der Waals surface area contributed by atoms with E-state index >= 15 is 0 Å². The number of hydrogen-bond donors (Lipinski definition) is 2. The van der Waals surface area contributed by atoms with Crippen molar-refractivity contribution in [3.05, 3.63) is 40.8 Å². The van der Waals surface area contributed by atoms with Crippen LogP contribution in [-0.4, -0.2) is 21.3 Å². The molecule has 0 aliphatic heterocycles. The molecule has 0 aliphatic rings. The van der Waals surface area contributed by atoms with Gasteiger partial charge in [0, 0.05) is 10.6 Å². The fourth-order valence-electron chi connectivity index (χ4n) is 1.27. The number of carbonyl (C=O) groups is 1. The fraction of sp³-hybridized carbons (Fsp3) is 0. The summed E-state index contributed by atoms with van der Waals surface area (Å²) in [5.74, 6) is -1.69. The molecule has 16 heavy (non-hydrogen) atoms. The van der Waals surface area contributed by atoms with Crippen molar-refractivity contribution in [3.63, 3.8) is 0 Å². The molecule has 0 saturated heterocycles. The maximum Gasteiger partial charge on any atom is 0.353 e. The van der Waals surface area contributed by atoms with Gasteiger partial charge in [0.05, 0.1) is 5.69 Å². The highest BCUT2D eigenvalue weighted by atomic mass is 35.5. The molecule has 82 valence electrons. The third kappa shape index (κ3) is 1.90. The smallest absolute Gasteiger partial charge is 0.353 e. The van der Waals surface area contributed by atoms with Gasteiger partial charge in [-0.2, -0.15) is 5.10 Å². The van der Waals surface area contributed by atoms with Gasteiger partial charge in [-0.15, -0.1) is 0 Å². The molecule has 0 bridgehead atoms. The van der Waals surface area contributed by atoms with E-state index in [9.17, 15) is 9.18 Å². The van der Waals surface area contributed by atoms with Crippen molar-refractivity contribution >= 4 is 17.6 Å². The number of nitrogens with zero attached hydrogens (tertiary/aromatic N) is 1. The minimum absolute atomic E-state index is 0.0932. The van der Waals surface area contributed by atoms with Crippen LogP contribution in [0.25, 0.3) is 11.3 Å². The SMILES string of the molecule is O=C(O)c1cc(-c2ccc(Cl)cc2F)n[nH]1. The minimum atomic E-state index is -1.15. The lowest BCUT2D eigenvalue weighted by Gasteiger charge is -1.98. The summed E-state index contributed by atoms with van der Waals surface area (Å²) in [7, 11) is 0. The van der Waals surface area contributed by atoms with Gasteiger partial charge >= 0.3 is 5.97 Å². The number of carboxylic acids is 1. The molecule has 1 aromatic carbocycles. The highest BCUT2D eigenvalue weighted by Gasteiger charge is 2.12. The molecule has 0 aliphatic carbocycles. The van der Waals surface area contributed by atoms with Gasteiger partial charge in [0.25, 0.3) is 0 Å². The van der Waals surface area contributed by atoms with E-state index in [-0.39, 0.29) is 22.0 Å². The molecule has 0 atom stereocenters. The van der Waals surface area contributed by atoms with Crippen LogP contribution in [0.3, 0.4) is 0 Å². The summed E-state index contributed by atoms with van der Waals surface area (Å²) in [6.45, 7) is 0. The van der Waals surface area contributed by atoms with Crippen LogP contribution in [0.4, 0.5) is 4.39 Å². The van der Waals surface area contributed by atoms with Crippen molar-refractivity contribution in [2.45, 2.75) is 0 Å². The molecule has 0 saturated carbocycles. The quantitative estimate of drug-likeness (QED) is 0.848. The molecule has 0 radical (unpaired) electrons. The van der Waals surface area contributed by atoms with E-state index in [4.69, 9.17) is 16.7 Å². The zero-order valence-corrected chi connectivity index (χ0v) is 8.62. The predicted molar refractivity (Wildman–Crippen MR) is 56.0 cm³/mol. The highest BCUT2D eigenvalue weighted by Crippen LogP contribution is 2.24.